The van der Waals surface area contributed by atoms with Gasteiger partial charge in [0.05, 0.1) is 16.7 Å². The van der Waals surface area contributed by atoms with E-state index < -0.39 is 0 Å². The molecule has 1 atom stereocenters. The van der Waals surface area contributed by atoms with Gasteiger partial charge < -0.3 is 9.73 Å². The minimum Gasteiger partial charge on any atom is -0.455 e. The highest BCUT2D eigenvalue weighted by Crippen LogP contribution is 2.42. The third-order valence-electron chi connectivity index (χ3n) is 7.57. The Morgan fingerprint density at radius 2 is 1.35 bits per heavy atom. The van der Waals surface area contributed by atoms with E-state index in [1.807, 2.05) is 54.6 Å². The van der Waals surface area contributed by atoms with E-state index in [1.54, 1.807) is 0 Å². The highest BCUT2D eigenvalue weighted by atomic mass is 16.3. The molecule has 4 nitrogen and oxygen atoms in total. The van der Waals surface area contributed by atoms with Crippen LogP contribution in [0.4, 0.5) is 11.4 Å². The Hall–Kier alpha value is -4.96. The van der Waals surface area contributed by atoms with Gasteiger partial charge in [0.25, 0.3) is 5.91 Å². The van der Waals surface area contributed by atoms with Gasteiger partial charge in [-0.1, -0.05) is 60.7 Å². The van der Waals surface area contributed by atoms with E-state index in [4.69, 9.17) is 4.42 Å². The maximum Gasteiger partial charge on any atom is 0.253 e. The second-order valence-electron chi connectivity index (χ2n) is 9.56. The lowest BCUT2D eigenvalue weighted by atomic mass is 9.91. The number of carbonyl (C=O) groups excluding carboxylic acids is 1. The summed E-state index contributed by atoms with van der Waals surface area (Å²) in [6, 6.07) is 39.1. The predicted octanol–water partition coefficient (Wildman–Crippen LogP) is 7.38. The number of hydrogen-bond acceptors (Lipinski definition) is 2. The molecule has 8 rings (SSSR count). The van der Waals surface area contributed by atoms with Gasteiger partial charge in [0.2, 0.25) is 17.1 Å². The molecule has 6 aromatic rings. The molecule has 1 aromatic heterocycles. The Bertz CT molecular complexity index is 1930. The van der Waals surface area contributed by atoms with Crippen molar-refractivity contribution in [2.75, 3.05) is 0 Å². The first-order chi connectivity index (χ1) is 18.3. The Balaban J connectivity index is 1.31. The summed E-state index contributed by atoms with van der Waals surface area (Å²) in [6.07, 6.45) is 0. The maximum absolute atomic E-state index is 12.9. The SMILES string of the molecule is O=C1NC2C(=[N+](c3ccc(-c4cccc5c4oc4ccccc45)cc3)c3ccccc32)c2ccccc21. The highest BCUT2D eigenvalue weighted by Gasteiger charge is 2.46. The first-order valence-corrected chi connectivity index (χ1v) is 12.4. The molecule has 1 amide bonds. The minimum atomic E-state index is -0.178. The largest absolute Gasteiger partial charge is 0.455 e. The number of furan rings is 1. The van der Waals surface area contributed by atoms with Gasteiger partial charge in [-0.3, -0.25) is 4.79 Å². The fourth-order valence-electron chi connectivity index (χ4n) is 5.92. The molecule has 4 heteroatoms. The Labute approximate surface area is 213 Å². The van der Waals surface area contributed by atoms with Crippen molar-refractivity contribution in [1.82, 2.24) is 9.89 Å². The molecule has 0 fully saturated rings. The maximum atomic E-state index is 12.9. The van der Waals surface area contributed by atoms with Crippen LogP contribution in [-0.2, 0) is 0 Å². The molecular weight excluding hydrogens is 456 g/mol. The van der Waals surface area contributed by atoms with Crippen molar-refractivity contribution in [2.45, 2.75) is 6.04 Å². The molecule has 0 bridgehead atoms. The van der Waals surface area contributed by atoms with Gasteiger partial charge in [0, 0.05) is 34.5 Å². The van der Waals surface area contributed by atoms with E-state index in [0.29, 0.717) is 5.56 Å². The summed E-state index contributed by atoms with van der Waals surface area (Å²) in [5, 5.41) is 5.48. The van der Waals surface area contributed by atoms with Crippen molar-refractivity contribution in [1.29, 1.82) is 0 Å². The number of nitrogens with zero attached hydrogens (tertiary/aromatic N) is 1. The first kappa shape index (κ1) is 20.3. The van der Waals surface area contributed by atoms with Crippen LogP contribution in [0, 0.1) is 0 Å². The fraction of sp³-hybridized carbons (Fsp3) is 0.0303. The Kier molecular flexibility index (Phi) is 4.12. The highest BCUT2D eigenvalue weighted by molar-refractivity contribution is 6.21. The summed E-state index contributed by atoms with van der Waals surface area (Å²) in [7, 11) is 0. The standard InChI is InChI=1S/C33H20N2O2/c36-33-26-10-2-1-9-24(26)31-30(34-33)27-11-3-5-14-28(27)35(31)21-18-16-20(17-19-21)22-12-7-13-25-23-8-4-6-15-29(23)37-32(22)25/h1-19,30H/p+1. The number of para-hydroxylation sites is 3. The summed E-state index contributed by atoms with van der Waals surface area (Å²) in [5.41, 5.74) is 9.99. The molecule has 0 saturated heterocycles. The van der Waals surface area contributed by atoms with Gasteiger partial charge >= 0.3 is 0 Å². The fourth-order valence-corrected chi connectivity index (χ4v) is 5.92. The zero-order chi connectivity index (χ0) is 24.5. The Morgan fingerprint density at radius 1 is 0.649 bits per heavy atom. The lowest BCUT2D eigenvalue weighted by Gasteiger charge is -2.21. The van der Waals surface area contributed by atoms with E-state index in [9.17, 15) is 4.79 Å². The predicted molar refractivity (Wildman–Crippen MR) is 148 cm³/mol. The third-order valence-corrected chi connectivity index (χ3v) is 7.57. The van der Waals surface area contributed by atoms with Gasteiger partial charge in [-0.15, -0.1) is 0 Å². The van der Waals surface area contributed by atoms with E-state index >= 15 is 0 Å². The second-order valence-corrected chi connectivity index (χ2v) is 9.56. The molecule has 2 aliphatic rings. The van der Waals surface area contributed by atoms with Gasteiger partial charge in [0.15, 0.2) is 0 Å². The smallest absolute Gasteiger partial charge is 0.253 e. The van der Waals surface area contributed by atoms with Crippen molar-refractivity contribution >= 4 is 44.9 Å². The summed E-state index contributed by atoms with van der Waals surface area (Å²) in [6.45, 7) is 0. The van der Waals surface area contributed by atoms with Crippen LogP contribution in [0.5, 0.6) is 0 Å². The van der Waals surface area contributed by atoms with Crippen molar-refractivity contribution in [3.63, 3.8) is 0 Å². The van der Waals surface area contributed by atoms with Crippen LogP contribution in [-0.4, -0.2) is 11.6 Å². The molecule has 0 radical (unpaired) electrons. The van der Waals surface area contributed by atoms with Gasteiger partial charge in [-0.2, -0.15) is 4.58 Å². The normalized spacial score (nSPS) is 16.0. The van der Waals surface area contributed by atoms with Crippen molar-refractivity contribution in [3.8, 4) is 11.1 Å². The van der Waals surface area contributed by atoms with Crippen molar-refractivity contribution < 1.29 is 9.21 Å². The average molecular weight is 478 g/mol. The topological polar surface area (TPSA) is 45.2 Å². The molecule has 1 N–H and O–H groups in total. The monoisotopic (exact) mass is 477 g/mol. The minimum absolute atomic E-state index is 0.0321. The molecule has 1 unspecified atom stereocenters. The molecule has 5 aromatic carbocycles. The number of nitrogens with one attached hydrogen (secondary N) is 1. The molecule has 174 valence electrons. The zero-order valence-electron chi connectivity index (χ0n) is 19.8. The first-order valence-electron chi connectivity index (χ1n) is 12.4. The number of amides is 1. The quantitative estimate of drug-likeness (QED) is 0.265. The van der Waals surface area contributed by atoms with Crippen LogP contribution in [0.3, 0.4) is 0 Å². The molecule has 2 aliphatic heterocycles. The van der Waals surface area contributed by atoms with E-state index in [2.05, 4.69) is 70.6 Å². The van der Waals surface area contributed by atoms with E-state index in [-0.39, 0.29) is 11.9 Å². The van der Waals surface area contributed by atoms with E-state index in [1.165, 1.54) is 0 Å². The average Bonchev–Trinajstić information content (AvgIpc) is 3.50. The molecular formula is C33H21N2O2+. The summed E-state index contributed by atoms with van der Waals surface area (Å²) in [4.78, 5) is 12.9. The van der Waals surface area contributed by atoms with Gasteiger partial charge in [-0.25, -0.2) is 0 Å². The number of rotatable bonds is 2. The summed E-state index contributed by atoms with van der Waals surface area (Å²) >= 11 is 0. The second kappa shape index (κ2) is 7.52. The van der Waals surface area contributed by atoms with Gasteiger partial charge in [-0.05, 0) is 42.0 Å². The van der Waals surface area contributed by atoms with Crippen LogP contribution in [0.25, 0.3) is 33.1 Å². The van der Waals surface area contributed by atoms with Crippen molar-refractivity contribution in [3.05, 3.63) is 132 Å². The summed E-state index contributed by atoms with van der Waals surface area (Å²) in [5.74, 6) is -0.0321. The Morgan fingerprint density at radius 3 is 2.24 bits per heavy atom. The molecule has 0 aliphatic carbocycles. The number of carbonyl (C=O) groups is 1. The number of benzene rings is 5. The lowest BCUT2D eigenvalue weighted by Crippen LogP contribution is -2.40. The molecule has 0 spiro atoms. The number of hydrogen-bond donors (Lipinski definition) is 1. The number of fused-ring (bicyclic) bond motifs is 8. The van der Waals surface area contributed by atoms with Crippen LogP contribution < -0.4 is 9.89 Å². The summed E-state index contributed by atoms with van der Waals surface area (Å²) < 4.78 is 8.56. The van der Waals surface area contributed by atoms with E-state index in [0.717, 1.165) is 61.3 Å². The van der Waals surface area contributed by atoms with Crippen LogP contribution >= 0.6 is 0 Å². The van der Waals surface area contributed by atoms with Crippen LogP contribution in [0.1, 0.15) is 27.5 Å². The molecule has 0 saturated carbocycles. The van der Waals surface area contributed by atoms with Crippen molar-refractivity contribution in [2.24, 2.45) is 0 Å². The zero-order valence-corrected chi connectivity index (χ0v) is 19.8. The lowest BCUT2D eigenvalue weighted by molar-refractivity contribution is 0.0943. The van der Waals surface area contributed by atoms with Crippen LogP contribution in [0.2, 0.25) is 0 Å². The van der Waals surface area contributed by atoms with Crippen LogP contribution in [0.15, 0.2) is 120 Å². The molecule has 37 heavy (non-hydrogen) atoms. The molecule has 3 heterocycles. The third kappa shape index (κ3) is 2.84. The van der Waals surface area contributed by atoms with Gasteiger partial charge in [0.1, 0.15) is 17.2 Å².